The Kier molecular flexibility index (Phi) is 17.9. The Hall–Kier alpha value is -4.89. The Balaban J connectivity index is 1.09. The number of unbranched alkanes of at least 4 members (excludes halogenated alkanes) is 2. The van der Waals surface area contributed by atoms with Gasteiger partial charge in [-0.25, -0.2) is 0 Å². The second-order valence-corrected chi connectivity index (χ2v) is 20.8. The lowest BCUT2D eigenvalue weighted by Gasteiger charge is -2.64. The Labute approximate surface area is 403 Å². The van der Waals surface area contributed by atoms with E-state index in [0.717, 1.165) is 43.2 Å². The van der Waals surface area contributed by atoms with Crippen molar-refractivity contribution in [3.8, 4) is 22.6 Å². The third-order valence-corrected chi connectivity index (χ3v) is 15.4. The molecule has 0 radical (unpaired) electrons. The number of carbonyl (C=O) groups is 5. The minimum absolute atomic E-state index is 0.0184. The van der Waals surface area contributed by atoms with Crippen molar-refractivity contribution in [3.63, 3.8) is 0 Å². The van der Waals surface area contributed by atoms with Crippen LogP contribution in [0.25, 0.3) is 11.1 Å². The highest BCUT2D eigenvalue weighted by atomic mass is 16.7. The highest BCUT2D eigenvalue weighted by Crippen LogP contribution is 2.66. The van der Waals surface area contributed by atoms with Crippen molar-refractivity contribution < 1.29 is 43.5 Å². The van der Waals surface area contributed by atoms with Gasteiger partial charge in [-0.05, 0) is 135 Å². The predicted molar refractivity (Wildman–Crippen MR) is 265 cm³/mol. The van der Waals surface area contributed by atoms with Crippen molar-refractivity contribution in [2.24, 2.45) is 40.6 Å². The minimum atomic E-state index is -1.17. The lowest BCUT2D eigenvalue weighted by molar-refractivity contribution is -0.199. The number of nitrogens with one attached hydrogen (secondary N) is 2. The zero-order valence-electron chi connectivity index (χ0n) is 41.1. The van der Waals surface area contributed by atoms with E-state index in [-0.39, 0.29) is 73.3 Å². The van der Waals surface area contributed by atoms with E-state index in [1.165, 1.54) is 23.8 Å². The summed E-state index contributed by atoms with van der Waals surface area (Å²) >= 11 is 0. The van der Waals surface area contributed by atoms with Gasteiger partial charge >= 0.3 is 7.12 Å². The molecular weight excluding hydrogens is 859 g/mol. The molecule has 1 aliphatic heterocycles. The first kappa shape index (κ1) is 52.5. The SMILES string of the molecule is CCCCc1ccc(-c2ccc(C(=O)C[C@@H](CCN)C(=O)N[C@@H](Cc3ccc(O)c(O)c3)C(=O)C[C@@H](C)C(=O)N[C@@H](CCCCN)C(=O)C[C@@H](C)B3OC4C[C@@H]5C[C@@H](C5(C)C)[C@]4(C)O3)cc2)cc1. The summed E-state index contributed by atoms with van der Waals surface area (Å²) in [5, 5.41) is 26.0. The van der Waals surface area contributed by atoms with Gasteiger partial charge in [0, 0.05) is 36.7 Å². The van der Waals surface area contributed by atoms with E-state index in [1.807, 2.05) is 19.1 Å². The number of carbonyl (C=O) groups excluding carboxylic acids is 5. The number of aromatic hydroxyl groups is 2. The molecule has 0 spiro atoms. The molecule has 4 fully saturated rings. The second kappa shape index (κ2) is 23.1. The van der Waals surface area contributed by atoms with Crippen LogP contribution in [0, 0.1) is 29.1 Å². The van der Waals surface area contributed by atoms with Gasteiger partial charge in [0.15, 0.2) is 28.8 Å². The van der Waals surface area contributed by atoms with Crippen molar-refractivity contribution in [3.05, 3.63) is 83.4 Å². The molecule has 7 rings (SSSR count). The summed E-state index contributed by atoms with van der Waals surface area (Å²) in [7, 11) is -0.540. The molecule has 3 aromatic carbocycles. The van der Waals surface area contributed by atoms with Gasteiger partial charge in [-0.15, -0.1) is 0 Å². The molecule has 368 valence electrons. The zero-order chi connectivity index (χ0) is 49.3. The summed E-state index contributed by atoms with van der Waals surface area (Å²) in [6.45, 7) is 13.0. The highest BCUT2D eigenvalue weighted by molar-refractivity contribution is 6.47. The molecule has 3 aromatic rings. The first-order chi connectivity index (χ1) is 32.4. The average Bonchev–Trinajstić information content (AvgIpc) is 3.69. The van der Waals surface area contributed by atoms with Crippen LogP contribution < -0.4 is 22.1 Å². The van der Waals surface area contributed by atoms with Crippen molar-refractivity contribution >= 4 is 36.3 Å². The van der Waals surface area contributed by atoms with E-state index in [1.54, 1.807) is 19.1 Å². The number of Topliss-reactive ketones (excluding diaryl/α,β-unsaturated/α-hetero) is 3. The maximum absolute atomic E-state index is 14.2. The number of hydrogen-bond donors (Lipinski definition) is 6. The van der Waals surface area contributed by atoms with Gasteiger partial charge in [0.25, 0.3) is 0 Å². The van der Waals surface area contributed by atoms with Crippen LogP contribution in [0.3, 0.4) is 0 Å². The van der Waals surface area contributed by atoms with Crippen LogP contribution in [0.5, 0.6) is 11.5 Å². The molecule has 0 aromatic heterocycles. The smallest absolute Gasteiger partial charge is 0.461 e. The number of rotatable bonds is 26. The number of nitrogens with two attached hydrogens (primary N) is 2. The van der Waals surface area contributed by atoms with E-state index < -0.39 is 60.0 Å². The zero-order valence-corrected chi connectivity index (χ0v) is 41.1. The number of phenols is 2. The van der Waals surface area contributed by atoms with E-state index in [4.69, 9.17) is 20.8 Å². The van der Waals surface area contributed by atoms with Crippen LogP contribution in [-0.4, -0.2) is 83.4 Å². The second-order valence-electron chi connectivity index (χ2n) is 20.8. The number of hydrogen-bond acceptors (Lipinski definition) is 11. The quantitative estimate of drug-likeness (QED) is 0.0199. The molecule has 14 heteroatoms. The fraction of sp³-hybridized carbons (Fsp3) is 0.574. The van der Waals surface area contributed by atoms with Gasteiger partial charge in [0.05, 0.1) is 23.8 Å². The Morgan fingerprint density at radius 3 is 2.03 bits per heavy atom. The standard InChI is InChI=1S/C54H75BN4O9/c1-7-8-11-35-13-16-37(17-14-35)38-18-20-39(21-19-38)45(61)30-40(23-25-57)52(66)59-43(28-36-15-22-44(60)48(64)29-36)46(62)26-33(2)51(65)58-42(12-9-10-24-56)47(63)27-34(3)55-67-50-32-41-31-49(53(41,4)5)54(50,6)68-55/h13-22,29,33-34,40-43,49-50,60,64H,7-12,23-28,30-32,56-57H2,1-6H3,(H,58,65)(H,59,66)/t33-,34-,40-,41+,42+,43+,49+,50?,54+/m1/s1. The van der Waals surface area contributed by atoms with Crippen LogP contribution in [0.15, 0.2) is 66.7 Å². The summed E-state index contributed by atoms with van der Waals surface area (Å²) in [6.07, 6.45) is 6.79. The van der Waals surface area contributed by atoms with Crippen LogP contribution >= 0.6 is 0 Å². The summed E-state index contributed by atoms with van der Waals surface area (Å²) in [4.78, 5) is 69.8. The van der Waals surface area contributed by atoms with Crippen molar-refractivity contribution in [1.82, 2.24) is 10.6 Å². The van der Waals surface area contributed by atoms with Crippen molar-refractivity contribution in [1.29, 1.82) is 0 Å². The fourth-order valence-electron chi connectivity index (χ4n) is 10.8. The number of ketones is 3. The molecule has 1 heterocycles. The molecule has 8 N–H and O–H groups in total. The monoisotopic (exact) mass is 935 g/mol. The Morgan fingerprint density at radius 2 is 1.40 bits per heavy atom. The largest absolute Gasteiger partial charge is 0.504 e. The molecule has 1 saturated heterocycles. The number of benzene rings is 3. The number of aryl methyl sites for hydroxylation is 1. The summed E-state index contributed by atoms with van der Waals surface area (Å²) in [5.41, 5.74) is 15.7. The van der Waals surface area contributed by atoms with Gasteiger partial charge in [-0.3, -0.25) is 24.0 Å². The molecule has 1 unspecified atom stereocenters. The maximum atomic E-state index is 14.2. The third kappa shape index (κ3) is 12.5. The Morgan fingerprint density at radius 1 is 0.750 bits per heavy atom. The molecule has 9 atom stereocenters. The molecular formula is C54H75BN4O9. The average molecular weight is 935 g/mol. The molecule has 3 saturated carbocycles. The van der Waals surface area contributed by atoms with E-state index >= 15 is 0 Å². The van der Waals surface area contributed by atoms with Gasteiger partial charge in [0.2, 0.25) is 11.8 Å². The van der Waals surface area contributed by atoms with Gasteiger partial charge in [0.1, 0.15) is 0 Å². The molecule has 2 bridgehead atoms. The molecule has 4 aliphatic rings. The minimum Gasteiger partial charge on any atom is -0.504 e. The number of amides is 2. The van der Waals surface area contributed by atoms with Gasteiger partial charge in [-0.1, -0.05) is 95.6 Å². The predicted octanol–water partition coefficient (Wildman–Crippen LogP) is 7.66. The Bertz CT molecular complexity index is 2240. The van der Waals surface area contributed by atoms with Crippen molar-refractivity contribution in [2.75, 3.05) is 13.1 Å². The summed E-state index contributed by atoms with van der Waals surface area (Å²) in [5.74, 6) is -3.68. The molecule has 13 nitrogen and oxygen atoms in total. The molecule has 2 amide bonds. The van der Waals surface area contributed by atoms with Crippen LogP contribution in [0.1, 0.15) is 134 Å². The molecule has 3 aliphatic carbocycles. The van der Waals surface area contributed by atoms with E-state index in [2.05, 4.69) is 62.6 Å². The fourth-order valence-corrected chi connectivity index (χ4v) is 10.8. The van der Waals surface area contributed by atoms with Crippen LogP contribution in [0.4, 0.5) is 0 Å². The third-order valence-electron chi connectivity index (χ3n) is 15.4. The first-order valence-corrected chi connectivity index (χ1v) is 25.0. The first-order valence-electron chi connectivity index (χ1n) is 25.0. The lowest BCUT2D eigenvalue weighted by Crippen LogP contribution is -2.65. The number of phenolic OH excluding ortho intramolecular Hbond substituents is 2. The lowest BCUT2D eigenvalue weighted by atomic mass is 9.43. The molecule has 68 heavy (non-hydrogen) atoms. The van der Waals surface area contributed by atoms with Gasteiger partial charge in [-0.2, -0.15) is 0 Å². The normalized spacial score (nSPS) is 22.5. The topological polar surface area (TPSA) is 220 Å². The van der Waals surface area contributed by atoms with Crippen molar-refractivity contribution in [2.45, 2.75) is 155 Å². The summed E-state index contributed by atoms with van der Waals surface area (Å²) in [6, 6.07) is 17.8. The van der Waals surface area contributed by atoms with E-state index in [0.29, 0.717) is 48.8 Å². The summed E-state index contributed by atoms with van der Waals surface area (Å²) < 4.78 is 13.1. The maximum Gasteiger partial charge on any atom is 0.461 e. The highest BCUT2D eigenvalue weighted by Gasteiger charge is 2.68. The van der Waals surface area contributed by atoms with E-state index in [9.17, 15) is 34.2 Å². The van der Waals surface area contributed by atoms with Crippen LogP contribution in [-0.2, 0) is 41.3 Å². The van der Waals surface area contributed by atoms with Crippen LogP contribution in [0.2, 0.25) is 5.82 Å². The van der Waals surface area contributed by atoms with Gasteiger partial charge < -0.3 is 41.6 Å².